The Hall–Kier alpha value is -0.900. The molecule has 19 heavy (non-hydrogen) atoms. The lowest BCUT2D eigenvalue weighted by Crippen LogP contribution is -2.51. The third-order valence-electron chi connectivity index (χ3n) is 4.73. The van der Waals surface area contributed by atoms with Crippen LogP contribution in [0.2, 0.25) is 0 Å². The first-order valence-electron chi connectivity index (χ1n) is 7.51. The molecular weight excluding hydrogens is 240 g/mol. The predicted octanol–water partition coefficient (Wildman–Crippen LogP) is 1.54. The van der Waals surface area contributed by atoms with Gasteiger partial charge >= 0.3 is 0 Å². The second-order valence-corrected chi connectivity index (χ2v) is 6.41. The molecule has 0 spiro atoms. The van der Waals surface area contributed by atoms with Crippen molar-refractivity contribution < 1.29 is 9.59 Å². The van der Waals surface area contributed by atoms with Crippen LogP contribution in [0.5, 0.6) is 0 Å². The molecule has 2 rings (SSSR count). The highest BCUT2D eigenvalue weighted by molar-refractivity contribution is 5.84. The van der Waals surface area contributed by atoms with E-state index in [1.807, 2.05) is 4.90 Å². The van der Waals surface area contributed by atoms with E-state index in [0.29, 0.717) is 50.4 Å². The topological polar surface area (TPSA) is 40.6 Å². The maximum absolute atomic E-state index is 12.3. The lowest BCUT2D eigenvalue weighted by molar-refractivity contribution is -0.136. The highest BCUT2D eigenvalue weighted by atomic mass is 16.2. The van der Waals surface area contributed by atoms with E-state index in [-0.39, 0.29) is 11.7 Å². The third-order valence-corrected chi connectivity index (χ3v) is 4.73. The summed E-state index contributed by atoms with van der Waals surface area (Å²) >= 11 is 0. The van der Waals surface area contributed by atoms with E-state index in [2.05, 4.69) is 25.7 Å². The number of hydrogen-bond donors (Lipinski definition) is 0. The molecule has 0 radical (unpaired) electrons. The number of hydrogen-bond acceptors (Lipinski definition) is 3. The Morgan fingerprint density at radius 2 is 1.84 bits per heavy atom. The lowest BCUT2D eigenvalue weighted by atomic mass is 9.86. The summed E-state index contributed by atoms with van der Waals surface area (Å²) in [4.78, 5) is 27.7. The van der Waals surface area contributed by atoms with Gasteiger partial charge in [0, 0.05) is 38.5 Å². The van der Waals surface area contributed by atoms with Crippen LogP contribution in [0.15, 0.2) is 0 Å². The fourth-order valence-corrected chi connectivity index (χ4v) is 3.32. The molecule has 0 N–H and O–H groups in total. The van der Waals surface area contributed by atoms with Gasteiger partial charge in [-0.1, -0.05) is 13.8 Å². The van der Waals surface area contributed by atoms with Crippen molar-refractivity contribution in [1.82, 2.24) is 9.80 Å². The summed E-state index contributed by atoms with van der Waals surface area (Å²) in [6, 6.07) is 0.478. The Bertz CT molecular complexity index is 346. The van der Waals surface area contributed by atoms with Crippen molar-refractivity contribution in [3.63, 3.8) is 0 Å². The molecule has 2 aliphatic rings. The summed E-state index contributed by atoms with van der Waals surface area (Å²) in [7, 11) is 0. The van der Waals surface area contributed by atoms with Gasteiger partial charge in [0.25, 0.3) is 0 Å². The molecule has 2 saturated heterocycles. The number of rotatable bonds is 2. The third kappa shape index (κ3) is 3.56. The van der Waals surface area contributed by atoms with Gasteiger partial charge in [0.1, 0.15) is 5.78 Å². The Labute approximate surface area is 116 Å². The van der Waals surface area contributed by atoms with E-state index in [1.165, 1.54) is 6.42 Å². The minimum Gasteiger partial charge on any atom is -0.341 e. The Balaban J connectivity index is 1.89. The van der Waals surface area contributed by atoms with Crippen molar-refractivity contribution in [2.75, 3.05) is 26.2 Å². The maximum atomic E-state index is 12.3. The number of likely N-dealkylation sites (tertiary alicyclic amines) is 2. The summed E-state index contributed by atoms with van der Waals surface area (Å²) < 4.78 is 0. The quantitative estimate of drug-likeness (QED) is 0.761. The first-order valence-corrected chi connectivity index (χ1v) is 7.51. The van der Waals surface area contributed by atoms with E-state index in [0.717, 1.165) is 6.54 Å². The fourth-order valence-electron chi connectivity index (χ4n) is 3.32. The van der Waals surface area contributed by atoms with Gasteiger partial charge in [-0.3, -0.25) is 14.5 Å². The Morgan fingerprint density at radius 1 is 1.21 bits per heavy atom. The summed E-state index contributed by atoms with van der Waals surface area (Å²) in [5.74, 6) is 1.81. The zero-order valence-corrected chi connectivity index (χ0v) is 12.4. The van der Waals surface area contributed by atoms with Crippen LogP contribution in [-0.2, 0) is 9.59 Å². The lowest BCUT2D eigenvalue weighted by Gasteiger charge is -2.41. The number of ketones is 1. The van der Waals surface area contributed by atoms with Crippen molar-refractivity contribution in [2.24, 2.45) is 11.8 Å². The van der Waals surface area contributed by atoms with Gasteiger partial charge in [0.2, 0.25) is 5.91 Å². The standard InChI is InChI=1S/C15H26N2O2/c1-11-8-12(2)13(3)17(9-11)10-15(19)16-6-4-14(18)5-7-16/h11-13H,4-10H2,1-3H3. The summed E-state index contributed by atoms with van der Waals surface area (Å²) in [5.41, 5.74) is 0. The molecule has 108 valence electrons. The Kier molecular flexibility index (Phi) is 4.61. The van der Waals surface area contributed by atoms with Crippen molar-refractivity contribution in [2.45, 2.75) is 46.1 Å². The minimum absolute atomic E-state index is 0.195. The van der Waals surface area contributed by atoms with Crippen LogP contribution in [0.25, 0.3) is 0 Å². The molecule has 0 saturated carbocycles. The molecule has 2 fully saturated rings. The molecule has 4 heteroatoms. The van der Waals surface area contributed by atoms with Gasteiger partial charge in [-0.25, -0.2) is 0 Å². The van der Waals surface area contributed by atoms with E-state index < -0.39 is 0 Å². The maximum Gasteiger partial charge on any atom is 0.236 e. The molecule has 0 aromatic heterocycles. The molecule has 3 unspecified atom stereocenters. The van der Waals surface area contributed by atoms with Crippen LogP contribution in [0.4, 0.5) is 0 Å². The highest BCUT2D eigenvalue weighted by Crippen LogP contribution is 2.26. The van der Waals surface area contributed by atoms with Gasteiger partial charge in [0.15, 0.2) is 0 Å². The number of amides is 1. The molecule has 3 atom stereocenters. The van der Waals surface area contributed by atoms with Gasteiger partial charge in [-0.15, -0.1) is 0 Å². The van der Waals surface area contributed by atoms with E-state index in [9.17, 15) is 9.59 Å². The molecule has 1 amide bonds. The zero-order valence-electron chi connectivity index (χ0n) is 12.4. The molecule has 2 heterocycles. The van der Waals surface area contributed by atoms with E-state index in [4.69, 9.17) is 0 Å². The van der Waals surface area contributed by atoms with Gasteiger partial charge in [-0.2, -0.15) is 0 Å². The van der Waals surface area contributed by atoms with Gasteiger partial charge in [0.05, 0.1) is 6.54 Å². The van der Waals surface area contributed by atoms with Crippen LogP contribution in [0, 0.1) is 11.8 Å². The molecule has 4 nitrogen and oxygen atoms in total. The van der Waals surface area contributed by atoms with Crippen LogP contribution in [0.1, 0.15) is 40.0 Å². The van der Waals surface area contributed by atoms with Crippen molar-refractivity contribution >= 4 is 11.7 Å². The van der Waals surface area contributed by atoms with Gasteiger partial charge < -0.3 is 4.90 Å². The van der Waals surface area contributed by atoms with Crippen molar-refractivity contribution in [3.8, 4) is 0 Å². The predicted molar refractivity (Wildman–Crippen MR) is 74.8 cm³/mol. The largest absolute Gasteiger partial charge is 0.341 e. The minimum atomic E-state index is 0.195. The first-order chi connectivity index (χ1) is 8.97. The Morgan fingerprint density at radius 3 is 2.47 bits per heavy atom. The second kappa shape index (κ2) is 6.04. The molecule has 0 aromatic carbocycles. The molecule has 0 aromatic rings. The van der Waals surface area contributed by atoms with E-state index in [1.54, 1.807) is 0 Å². The van der Waals surface area contributed by atoms with Gasteiger partial charge in [-0.05, 0) is 25.2 Å². The van der Waals surface area contributed by atoms with Crippen molar-refractivity contribution in [3.05, 3.63) is 0 Å². The number of nitrogens with zero attached hydrogens (tertiary/aromatic N) is 2. The fraction of sp³-hybridized carbons (Fsp3) is 0.867. The number of piperidine rings is 2. The summed E-state index contributed by atoms with van der Waals surface area (Å²) in [5, 5.41) is 0. The number of Topliss-reactive ketones (excluding diaryl/α,β-unsaturated/α-hetero) is 1. The number of carbonyl (C=O) groups is 2. The van der Waals surface area contributed by atoms with E-state index >= 15 is 0 Å². The molecule has 2 aliphatic heterocycles. The molecular formula is C15H26N2O2. The summed E-state index contributed by atoms with van der Waals surface area (Å²) in [6.07, 6.45) is 2.33. The van der Waals surface area contributed by atoms with Crippen LogP contribution >= 0.6 is 0 Å². The average molecular weight is 266 g/mol. The molecule has 0 aliphatic carbocycles. The smallest absolute Gasteiger partial charge is 0.236 e. The number of carbonyl (C=O) groups excluding carboxylic acids is 2. The SMILES string of the molecule is CC1CC(C)C(C)N(CC(=O)N2CCC(=O)CC2)C1. The first kappa shape index (κ1) is 14.5. The molecule has 0 bridgehead atoms. The average Bonchev–Trinajstić information content (AvgIpc) is 2.36. The summed E-state index contributed by atoms with van der Waals surface area (Å²) in [6.45, 7) is 9.53. The highest BCUT2D eigenvalue weighted by Gasteiger charge is 2.31. The van der Waals surface area contributed by atoms with Crippen molar-refractivity contribution in [1.29, 1.82) is 0 Å². The zero-order chi connectivity index (χ0) is 14.0. The van der Waals surface area contributed by atoms with Crippen LogP contribution in [-0.4, -0.2) is 53.7 Å². The van der Waals surface area contributed by atoms with Crippen LogP contribution < -0.4 is 0 Å². The van der Waals surface area contributed by atoms with Crippen LogP contribution in [0.3, 0.4) is 0 Å². The second-order valence-electron chi connectivity index (χ2n) is 6.41. The normalized spacial score (nSPS) is 33.5. The monoisotopic (exact) mass is 266 g/mol.